The third kappa shape index (κ3) is 3.26. The number of nitrogens with zero attached hydrogens (tertiary/aromatic N) is 2. The van der Waals surface area contributed by atoms with Crippen LogP contribution in [0.25, 0.3) is 5.69 Å². The summed E-state index contributed by atoms with van der Waals surface area (Å²) in [5.74, 6) is 0.398. The van der Waals surface area contributed by atoms with Gasteiger partial charge in [0.2, 0.25) is 5.91 Å². The Balaban J connectivity index is 1.99. The number of rotatable bonds is 3. The zero-order chi connectivity index (χ0) is 17.6. The monoisotopic (exact) mass is 357 g/mol. The van der Waals surface area contributed by atoms with Crippen LogP contribution in [-0.2, 0) is 11.0 Å². The first kappa shape index (κ1) is 16.8. The van der Waals surface area contributed by atoms with Crippen molar-refractivity contribution in [1.29, 1.82) is 0 Å². The lowest BCUT2D eigenvalue weighted by atomic mass is 10.2. The maximum atomic E-state index is 12.9. The van der Waals surface area contributed by atoms with Gasteiger partial charge in [0.15, 0.2) is 0 Å². The fourth-order valence-corrected chi connectivity index (χ4v) is 2.73. The van der Waals surface area contributed by atoms with Crippen molar-refractivity contribution in [3.8, 4) is 5.69 Å². The van der Waals surface area contributed by atoms with Gasteiger partial charge in [-0.05, 0) is 37.5 Å². The van der Waals surface area contributed by atoms with E-state index in [2.05, 4.69) is 10.4 Å². The van der Waals surface area contributed by atoms with Crippen LogP contribution in [0.15, 0.2) is 24.3 Å². The number of aromatic nitrogens is 2. The van der Waals surface area contributed by atoms with Crippen molar-refractivity contribution in [3.63, 3.8) is 0 Å². The minimum Gasteiger partial charge on any atom is -0.310 e. The highest BCUT2D eigenvalue weighted by Crippen LogP contribution is 2.39. The summed E-state index contributed by atoms with van der Waals surface area (Å²) in [6, 6.07) is 4.60. The molecule has 3 rings (SSSR count). The molecule has 8 heteroatoms. The van der Waals surface area contributed by atoms with Gasteiger partial charge in [0, 0.05) is 12.0 Å². The SMILES string of the molecule is Cc1cc(NC(=O)[C@@H]2C[C@@H]2C)n(-c2cc(C(F)(F)F)ccc2Cl)n1. The zero-order valence-electron chi connectivity index (χ0n) is 13.0. The van der Waals surface area contributed by atoms with E-state index in [9.17, 15) is 18.0 Å². The van der Waals surface area contributed by atoms with Crippen molar-refractivity contribution >= 4 is 23.3 Å². The van der Waals surface area contributed by atoms with E-state index in [0.717, 1.165) is 18.6 Å². The lowest BCUT2D eigenvalue weighted by molar-refractivity contribution is -0.137. The van der Waals surface area contributed by atoms with Crippen LogP contribution in [0.5, 0.6) is 0 Å². The van der Waals surface area contributed by atoms with Gasteiger partial charge in [0.05, 0.1) is 22.0 Å². The number of nitrogens with one attached hydrogen (secondary N) is 1. The first-order valence-corrected chi connectivity index (χ1v) is 7.79. The summed E-state index contributed by atoms with van der Waals surface area (Å²) in [4.78, 5) is 12.1. The molecule has 1 fully saturated rings. The number of amides is 1. The average Bonchev–Trinajstić information content (AvgIpc) is 3.10. The van der Waals surface area contributed by atoms with Crippen LogP contribution < -0.4 is 5.32 Å². The van der Waals surface area contributed by atoms with Crippen molar-refractivity contribution in [2.24, 2.45) is 11.8 Å². The summed E-state index contributed by atoms with van der Waals surface area (Å²) in [7, 11) is 0. The zero-order valence-corrected chi connectivity index (χ0v) is 13.7. The number of aryl methyl sites for hydroxylation is 1. The summed E-state index contributed by atoms with van der Waals surface area (Å²) >= 11 is 6.06. The second-order valence-electron chi connectivity index (χ2n) is 6.06. The van der Waals surface area contributed by atoms with Crippen molar-refractivity contribution in [1.82, 2.24) is 9.78 Å². The van der Waals surface area contributed by atoms with Gasteiger partial charge in [-0.15, -0.1) is 0 Å². The lowest BCUT2D eigenvalue weighted by Gasteiger charge is -2.13. The molecule has 0 aliphatic heterocycles. The van der Waals surface area contributed by atoms with Crippen molar-refractivity contribution in [2.75, 3.05) is 5.32 Å². The number of alkyl halides is 3. The molecular formula is C16H15ClF3N3O. The van der Waals surface area contributed by atoms with E-state index >= 15 is 0 Å². The Morgan fingerprint density at radius 1 is 1.38 bits per heavy atom. The van der Waals surface area contributed by atoms with Crippen molar-refractivity contribution < 1.29 is 18.0 Å². The molecule has 0 bridgehead atoms. The van der Waals surface area contributed by atoms with Gasteiger partial charge < -0.3 is 5.32 Å². The van der Waals surface area contributed by atoms with Crippen LogP contribution in [-0.4, -0.2) is 15.7 Å². The normalized spacial score (nSPS) is 20.1. The second-order valence-corrected chi connectivity index (χ2v) is 6.46. The molecule has 1 aromatic heterocycles. The molecule has 0 radical (unpaired) electrons. The first-order chi connectivity index (χ1) is 11.2. The molecule has 0 saturated heterocycles. The number of carbonyl (C=O) groups is 1. The average molecular weight is 358 g/mol. The maximum absolute atomic E-state index is 12.9. The Bertz CT molecular complexity index is 800. The van der Waals surface area contributed by atoms with Gasteiger partial charge in [0.25, 0.3) is 0 Å². The van der Waals surface area contributed by atoms with Crippen LogP contribution in [0.2, 0.25) is 5.02 Å². The molecule has 24 heavy (non-hydrogen) atoms. The molecule has 1 N–H and O–H groups in total. The molecular weight excluding hydrogens is 343 g/mol. The number of hydrogen-bond acceptors (Lipinski definition) is 2. The summed E-state index contributed by atoms with van der Waals surface area (Å²) in [6.45, 7) is 3.66. The fourth-order valence-electron chi connectivity index (χ4n) is 2.53. The molecule has 1 heterocycles. The highest BCUT2D eigenvalue weighted by atomic mass is 35.5. The number of halogens is 4. The smallest absolute Gasteiger partial charge is 0.310 e. The number of carbonyl (C=O) groups excluding carboxylic acids is 1. The summed E-state index contributed by atoms with van der Waals surface area (Å²) < 4.78 is 40.1. The van der Waals surface area contributed by atoms with E-state index < -0.39 is 11.7 Å². The van der Waals surface area contributed by atoms with Crippen LogP contribution >= 0.6 is 11.6 Å². The number of anilines is 1. The Morgan fingerprint density at radius 2 is 2.04 bits per heavy atom. The van der Waals surface area contributed by atoms with E-state index in [-0.39, 0.29) is 22.5 Å². The van der Waals surface area contributed by atoms with E-state index in [1.54, 1.807) is 13.0 Å². The van der Waals surface area contributed by atoms with Crippen LogP contribution in [0.1, 0.15) is 24.6 Å². The molecule has 2 aromatic rings. The van der Waals surface area contributed by atoms with Gasteiger partial charge in [-0.2, -0.15) is 18.3 Å². The van der Waals surface area contributed by atoms with E-state index in [0.29, 0.717) is 17.4 Å². The Kier molecular flexibility index (Phi) is 4.07. The molecule has 2 atom stereocenters. The quantitative estimate of drug-likeness (QED) is 0.882. The second kappa shape index (κ2) is 5.81. The highest BCUT2D eigenvalue weighted by Gasteiger charge is 2.39. The number of hydrogen-bond donors (Lipinski definition) is 1. The predicted molar refractivity (Wildman–Crippen MR) is 84.2 cm³/mol. The van der Waals surface area contributed by atoms with E-state index in [1.807, 2.05) is 6.92 Å². The third-order valence-electron chi connectivity index (χ3n) is 4.03. The minimum absolute atomic E-state index is 0.0642. The molecule has 1 saturated carbocycles. The van der Waals surface area contributed by atoms with Gasteiger partial charge in [0.1, 0.15) is 5.82 Å². The molecule has 0 unspecified atom stereocenters. The van der Waals surface area contributed by atoms with E-state index in [4.69, 9.17) is 11.6 Å². The largest absolute Gasteiger partial charge is 0.416 e. The van der Waals surface area contributed by atoms with Gasteiger partial charge in [-0.1, -0.05) is 18.5 Å². The summed E-state index contributed by atoms with van der Waals surface area (Å²) in [5.41, 5.74) is -0.204. The van der Waals surface area contributed by atoms with Gasteiger partial charge >= 0.3 is 6.18 Å². The molecule has 1 aliphatic carbocycles. The maximum Gasteiger partial charge on any atom is 0.416 e. The Hall–Kier alpha value is -2.02. The van der Waals surface area contributed by atoms with Crippen LogP contribution in [0, 0.1) is 18.8 Å². The van der Waals surface area contributed by atoms with E-state index in [1.165, 1.54) is 10.7 Å². The van der Waals surface area contributed by atoms with Gasteiger partial charge in [-0.3, -0.25) is 4.79 Å². The molecule has 1 aromatic carbocycles. The highest BCUT2D eigenvalue weighted by molar-refractivity contribution is 6.32. The Morgan fingerprint density at radius 3 is 2.62 bits per heavy atom. The van der Waals surface area contributed by atoms with Crippen LogP contribution in [0.4, 0.5) is 19.0 Å². The lowest BCUT2D eigenvalue weighted by Crippen LogP contribution is -2.17. The standard InChI is InChI=1S/C16H15ClF3N3O/c1-8-5-11(8)15(24)21-14-6-9(2)22-23(14)13-7-10(16(18,19)20)3-4-12(13)17/h3-4,6-8,11H,5H2,1-2H3,(H,21,24)/t8-,11+/m0/s1. The third-order valence-corrected chi connectivity index (χ3v) is 4.35. The summed E-state index contributed by atoms with van der Waals surface area (Å²) in [6.07, 6.45) is -3.68. The first-order valence-electron chi connectivity index (χ1n) is 7.41. The molecule has 4 nitrogen and oxygen atoms in total. The molecule has 128 valence electrons. The fraction of sp³-hybridized carbons (Fsp3) is 0.375. The summed E-state index contributed by atoms with van der Waals surface area (Å²) in [5, 5.41) is 7.01. The van der Waals surface area contributed by atoms with Gasteiger partial charge in [-0.25, -0.2) is 4.68 Å². The van der Waals surface area contributed by atoms with Crippen molar-refractivity contribution in [3.05, 3.63) is 40.5 Å². The molecule has 1 aliphatic rings. The number of benzene rings is 1. The Labute approximate surface area is 141 Å². The topological polar surface area (TPSA) is 46.9 Å². The minimum atomic E-state index is -4.49. The van der Waals surface area contributed by atoms with Crippen LogP contribution in [0.3, 0.4) is 0 Å². The molecule has 1 amide bonds. The predicted octanol–water partition coefficient (Wildman–Crippen LogP) is 4.45. The molecule has 0 spiro atoms. The van der Waals surface area contributed by atoms with Crippen molar-refractivity contribution in [2.45, 2.75) is 26.4 Å².